The summed E-state index contributed by atoms with van der Waals surface area (Å²) in [7, 11) is 0. The number of nitrogens with one attached hydrogen (secondary N) is 1. The molecule has 0 aliphatic heterocycles. The summed E-state index contributed by atoms with van der Waals surface area (Å²) in [5.74, 6) is 4.17. The lowest BCUT2D eigenvalue weighted by Gasteiger charge is -2.19. The Labute approximate surface area is 131 Å². The van der Waals surface area contributed by atoms with Gasteiger partial charge in [-0.1, -0.05) is 12.1 Å². The minimum atomic E-state index is -0.741. The van der Waals surface area contributed by atoms with Gasteiger partial charge in [-0.05, 0) is 68.3 Å². The molecule has 0 fully saturated rings. The number of hydrazine groups is 1. The van der Waals surface area contributed by atoms with E-state index in [1.165, 1.54) is 12.1 Å². The Morgan fingerprint density at radius 3 is 2.32 bits per heavy atom. The summed E-state index contributed by atoms with van der Waals surface area (Å²) in [6.45, 7) is 0. The second kappa shape index (κ2) is 6.25. The van der Waals surface area contributed by atoms with Crippen molar-refractivity contribution in [3.8, 4) is 0 Å². The van der Waals surface area contributed by atoms with Crippen molar-refractivity contribution in [3.63, 3.8) is 0 Å². The van der Waals surface area contributed by atoms with Crippen molar-refractivity contribution in [2.45, 2.75) is 6.04 Å². The number of halogens is 4. The van der Waals surface area contributed by atoms with Gasteiger partial charge in [0.25, 0.3) is 0 Å². The second-order valence-electron chi connectivity index (χ2n) is 3.91. The summed E-state index contributed by atoms with van der Waals surface area (Å²) in [4.78, 5) is 0. The van der Waals surface area contributed by atoms with Crippen LogP contribution >= 0.6 is 38.5 Å². The van der Waals surface area contributed by atoms with Crippen LogP contribution in [0.4, 0.5) is 8.78 Å². The fourth-order valence-electron chi connectivity index (χ4n) is 1.81. The van der Waals surface area contributed by atoms with E-state index in [1.807, 2.05) is 12.1 Å². The van der Waals surface area contributed by atoms with Crippen molar-refractivity contribution in [3.05, 3.63) is 67.2 Å². The smallest absolute Gasteiger partial charge is 0.145 e. The third-order valence-electron chi connectivity index (χ3n) is 2.74. The van der Waals surface area contributed by atoms with Gasteiger partial charge in [-0.25, -0.2) is 14.2 Å². The minimum absolute atomic E-state index is 0.0990. The molecule has 0 radical (unpaired) electrons. The summed E-state index contributed by atoms with van der Waals surface area (Å²) in [6, 6.07) is 9.07. The van der Waals surface area contributed by atoms with Crippen LogP contribution in [0.3, 0.4) is 0 Å². The second-order valence-corrected chi connectivity index (χ2v) is 6.01. The van der Waals surface area contributed by atoms with Gasteiger partial charge in [0.05, 0.1) is 10.5 Å². The average Bonchev–Trinajstić information content (AvgIpc) is 2.40. The third-order valence-corrected chi connectivity index (χ3v) is 4.07. The topological polar surface area (TPSA) is 38.0 Å². The van der Waals surface area contributed by atoms with E-state index in [2.05, 4.69) is 43.9 Å². The first kappa shape index (κ1) is 14.8. The summed E-state index contributed by atoms with van der Waals surface area (Å²) in [5.41, 5.74) is 3.05. The molecule has 0 aliphatic rings. The lowest BCUT2D eigenvalue weighted by Crippen LogP contribution is -2.30. The Morgan fingerprint density at radius 1 is 1.11 bits per heavy atom. The van der Waals surface area contributed by atoms with Crippen LogP contribution in [0.15, 0.2) is 40.9 Å². The van der Waals surface area contributed by atoms with Crippen molar-refractivity contribution in [1.29, 1.82) is 0 Å². The van der Waals surface area contributed by atoms with E-state index >= 15 is 0 Å². The highest BCUT2D eigenvalue weighted by atomic mass is 127. The molecule has 2 aromatic rings. The van der Waals surface area contributed by atoms with Crippen molar-refractivity contribution in [2.24, 2.45) is 5.84 Å². The maximum absolute atomic E-state index is 14.1. The maximum Gasteiger partial charge on any atom is 0.145 e. The molecule has 0 heterocycles. The first-order valence-corrected chi connectivity index (χ1v) is 7.26. The van der Waals surface area contributed by atoms with E-state index in [9.17, 15) is 8.78 Å². The molecule has 0 saturated carbocycles. The SMILES string of the molecule is NNC(c1ccc(I)cc1)c1c(F)ccc(Br)c1F. The highest BCUT2D eigenvalue weighted by Gasteiger charge is 2.22. The van der Waals surface area contributed by atoms with Crippen LogP contribution in [-0.4, -0.2) is 0 Å². The largest absolute Gasteiger partial charge is 0.271 e. The molecule has 1 atom stereocenters. The number of benzene rings is 2. The van der Waals surface area contributed by atoms with Gasteiger partial charge in [0.2, 0.25) is 0 Å². The zero-order valence-corrected chi connectivity index (χ0v) is 13.4. The van der Waals surface area contributed by atoms with Crippen LogP contribution < -0.4 is 11.3 Å². The molecular formula is C13H10BrF2IN2. The van der Waals surface area contributed by atoms with E-state index < -0.39 is 17.7 Å². The fourth-order valence-corrected chi connectivity index (χ4v) is 2.51. The summed E-state index contributed by atoms with van der Waals surface area (Å²) in [6.07, 6.45) is 0. The molecule has 1 unspecified atom stereocenters. The van der Waals surface area contributed by atoms with Gasteiger partial charge >= 0.3 is 0 Å². The Bertz CT molecular complexity index is 590. The van der Waals surface area contributed by atoms with Gasteiger partial charge in [-0.15, -0.1) is 0 Å². The molecule has 0 aromatic heterocycles. The van der Waals surface area contributed by atoms with E-state index in [-0.39, 0.29) is 10.0 Å². The van der Waals surface area contributed by atoms with Crippen LogP contribution in [0, 0.1) is 15.2 Å². The van der Waals surface area contributed by atoms with Crippen LogP contribution in [0.25, 0.3) is 0 Å². The van der Waals surface area contributed by atoms with Gasteiger partial charge in [-0.3, -0.25) is 5.84 Å². The zero-order valence-electron chi connectivity index (χ0n) is 9.63. The molecular weight excluding hydrogens is 429 g/mol. The Morgan fingerprint density at radius 2 is 1.74 bits per heavy atom. The first-order valence-electron chi connectivity index (χ1n) is 5.39. The predicted molar refractivity (Wildman–Crippen MR) is 82.4 cm³/mol. The highest BCUT2D eigenvalue weighted by molar-refractivity contribution is 14.1. The van der Waals surface area contributed by atoms with Gasteiger partial charge in [0.1, 0.15) is 11.6 Å². The molecule has 3 N–H and O–H groups in total. The average molecular weight is 439 g/mol. The van der Waals surface area contributed by atoms with Crippen molar-refractivity contribution in [1.82, 2.24) is 5.43 Å². The Balaban J connectivity index is 2.54. The van der Waals surface area contributed by atoms with Gasteiger partial charge < -0.3 is 0 Å². The highest BCUT2D eigenvalue weighted by Crippen LogP contribution is 2.30. The van der Waals surface area contributed by atoms with Crippen LogP contribution in [0.2, 0.25) is 0 Å². The number of hydrogen-bond acceptors (Lipinski definition) is 2. The van der Waals surface area contributed by atoms with E-state index in [4.69, 9.17) is 5.84 Å². The van der Waals surface area contributed by atoms with Gasteiger partial charge in [0.15, 0.2) is 0 Å². The summed E-state index contributed by atoms with van der Waals surface area (Å²) >= 11 is 5.21. The fraction of sp³-hybridized carbons (Fsp3) is 0.0769. The van der Waals surface area contributed by atoms with Crippen molar-refractivity contribution < 1.29 is 8.78 Å². The molecule has 19 heavy (non-hydrogen) atoms. The quantitative estimate of drug-likeness (QED) is 0.330. The standard InChI is InChI=1S/C13H10BrF2IN2/c14-9-5-6-10(15)11(12(9)16)13(19-18)7-1-3-8(17)4-2-7/h1-6,13,19H,18H2. The monoisotopic (exact) mass is 438 g/mol. The lowest BCUT2D eigenvalue weighted by molar-refractivity contribution is 0.507. The molecule has 0 saturated heterocycles. The van der Waals surface area contributed by atoms with Gasteiger partial charge in [0, 0.05) is 9.13 Å². The molecule has 0 spiro atoms. The molecule has 2 aromatic carbocycles. The van der Waals surface area contributed by atoms with Gasteiger partial charge in [-0.2, -0.15) is 0 Å². The van der Waals surface area contributed by atoms with Crippen LogP contribution in [-0.2, 0) is 0 Å². The van der Waals surface area contributed by atoms with E-state index in [1.54, 1.807) is 12.1 Å². The number of hydrogen-bond donors (Lipinski definition) is 2. The van der Waals surface area contributed by atoms with Crippen molar-refractivity contribution >= 4 is 38.5 Å². The molecule has 100 valence electrons. The first-order chi connectivity index (χ1) is 9.04. The van der Waals surface area contributed by atoms with E-state index in [0.29, 0.717) is 5.56 Å². The van der Waals surface area contributed by atoms with Crippen LogP contribution in [0.1, 0.15) is 17.2 Å². The predicted octanol–water partition coefficient (Wildman–Crippen LogP) is 3.88. The van der Waals surface area contributed by atoms with Crippen LogP contribution in [0.5, 0.6) is 0 Å². The molecule has 0 amide bonds. The Kier molecular flexibility index (Phi) is 4.88. The molecule has 2 nitrogen and oxygen atoms in total. The normalized spacial score (nSPS) is 12.5. The zero-order chi connectivity index (χ0) is 14.0. The van der Waals surface area contributed by atoms with Crippen molar-refractivity contribution in [2.75, 3.05) is 0 Å². The number of nitrogens with two attached hydrogens (primary N) is 1. The summed E-state index contributed by atoms with van der Waals surface area (Å²) in [5, 5.41) is 0. The Hall–Kier alpha value is -0.570. The van der Waals surface area contributed by atoms with E-state index in [0.717, 1.165) is 3.57 Å². The molecule has 0 bridgehead atoms. The minimum Gasteiger partial charge on any atom is -0.271 e. The maximum atomic E-state index is 14.1. The molecule has 2 rings (SSSR count). The summed E-state index contributed by atoms with van der Waals surface area (Å²) < 4.78 is 29.2. The lowest BCUT2D eigenvalue weighted by atomic mass is 9.98. The third kappa shape index (κ3) is 3.13. The molecule has 0 aliphatic carbocycles. The number of rotatable bonds is 3. The molecule has 6 heteroatoms.